The molecule has 0 N–H and O–H groups in total. The maximum absolute atomic E-state index is 10.0. The van der Waals surface area contributed by atoms with E-state index in [0.717, 1.165) is 12.8 Å². The van der Waals surface area contributed by atoms with Gasteiger partial charge < -0.3 is 18.9 Å². The van der Waals surface area contributed by atoms with Crippen LogP contribution in [0.2, 0.25) is 0 Å². The van der Waals surface area contributed by atoms with Crippen molar-refractivity contribution in [3.8, 4) is 0 Å². The van der Waals surface area contributed by atoms with Crippen LogP contribution in [-0.4, -0.2) is 6.61 Å². The van der Waals surface area contributed by atoms with Crippen molar-refractivity contribution in [3.63, 3.8) is 0 Å². The van der Waals surface area contributed by atoms with Crippen molar-refractivity contribution in [2.45, 2.75) is 45.4 Å². The van der Waals surface area contributed by atoms with Gasteiger partial charge in [-0.1, -0.05) is 39.0 Å². The number of unbranched alkanes of at least 4 members (excludes halogenated alkanes) is 5. The van der Waals surface area contributed by atoms with Gasteiger partial charge in [0.25, 0.3) is 0 Å². The quantitative estimate of drug-likeness (QED) is 0.378. The summed E-state index contributed by atoms with van der Waals surface area (Å²) in [6.07, 6.45) is 6.23. The Morgan fingerprint density at radius 1 is 1.07 bits per heavy atom. The summed E-state index contributed by atoms with van der Waals surface area (Å²) < 4.78 is 14.1. The monoisotopic (exact) mass is 272 g/mol. The van der Waals surface area contributed by atoms with Crippen LogP contribution in [-0.2, 0) is 28.6 Å². The molecule has 0 amide bonds. The van der Waals surface area contributed by atoms with Gasteiger partial charge in [-0.2, -0.15) is 0 Å². The molecule has 0 bridgehead atoms. The molecule has 0 radical (unpaired) electrons. The van der Waals surface area contributed by atoms with Gasteiger partial charge in [0.2, 0.25) is 0 Å². The van der Waals surface area contributed by atoms with E-state index in [0.29, 0.717) is 6.42 Å². The van der Waals surface area contributed by atoms with Crippen molar-refractivity contribution in [3.05, 3.63) is 0 Å². The molecule has 0 aliphatic carbocycles. The van der Waals surface area contributed by atoms with E-state index in [-0.39, 0.29) is 26.1 Å². The predicted octanol–water partition coefficient (Wildman–Crippen LogP) is 1.19. The van der Waals surface area contributed by atoms with Crippen LogP contribution in [0.1, 0.15) is 45.4 Å². The Bertz CT molecular complexity index is 159. The first-order valence-electron chi connectivity index (χ1n) is 4.73. The normalized spacial score (nSPS) is 11.1. The van der Waals surface area contributed by atoms with Crippen LogP contribution in [0.5, 0.6) is 0 Å². The van der Waals surface area contributed by atoms with Gasteiger partial charge in [0.1, 0.15) is 0 Å². The van der Waals surface area contributed by atoms with Gasteiger partial charge in [0.05, 0.1) is 14.4 Å². The van der Waals surface area contributed by atoms with E-state index in [2.05, 4.69) is 11.4 Å². The Kier molecular flexibility index (Phi) is 12.6. The van der Waals surface area contributed by atoms with Crippen LogP contribution in [0.4, 0.5) is 0 Å². The molecule has 0 saturated heterocycles. The average molecular weight is 274 g/mol. The van der Waals surface area contributed by atoms with Crippen LogP contribution < -0.4 is 9.79 Å². The molecular weight excluding hydrogens is 256 g/mol. The first-order valence-corrected chi connectivity index (χ1v) is 6.19. The molecule has 0 aromatic heterocycles. The molecule has 6 heteroatoms. The Morgan fingerprint density at radius 3 is 2.07 bits per heavy atom. The van der Waals surface area contributed by atoms with Gasteiger partial charge >= 0.3 is 19.5 Å². The summed E-state index contributed by atoms with van der Waals surface area (Å²) in [5.41, 5.74) is 0. The van der Waals surface area contributed by atoms with E-state index in [1.165, 1.54) is 19.3 Å². The topological polar surface area (TPSA) is 72.4 Å². The average Bonchev–Trinajstić information content (AvgIpc) is 2.01. The maximum Gasteiger partial charge on any atom is 2.00 e. The molecule has 80 valence electrons. The minimum Gasteiger partial charge on any atom is -0.790 e. The van der Waals surface area contributed by atoms with Crippen molar-refractivity contribution in [1.29, 1.82) is 0 Å². The Morgan fingerprint density at radius 2 is 1.57 bits per heavy atom. The van der Waals surface area contributed by atoms with Crippen molar-refractivity contribution >= 4 is 7.82 Å². The number of hydrogen-bond acceptors (Lipinski definition) is 4. The SMILES string of the molecule is CCCCCCCCOP(=O)([O-])[O-].[Zn+2]. The van der Waals surface area contributed by atoms with Crippen LogP contribution in [0, 0.1) is 0 Å². The first-order chi connectivity index (χ1) is 6.06. The third kappa shape index (κ3) is 15.2. The molecule has 0 aliphatic rings. The van der Waals surface area contributed by atoms with Crippen molar-refractivity contribution < 1.29 is 38.4 Å². The van der Waals surface area contributed by atoms with Gasteiger partial charge in [-0.25, -0.2) is 0 Å². The minimum absolute atomic E-state index is 0. The molecule has 0 aliphatic heterocycles. The van der Waals surface area contributed by atoms with Gasteiger partial charge in [-0.3, -0.25) is 0 Å². The molecule has 0 spiro atoms. The van der Waals surface area contributed by atoms with E-state index in [4.69, 9.17) is 0 Å². The van der Waals surface area contributed by atoms with Crippen LogP contribution >= 0.6 is 7.82 Å². The second kappa shape index (κ2) is 10.3. The van der Waals surface area contributed by atoms with Gasteiger partial charge in [-0.05, 0) is 6.42 Å². The van der Waals surface area contributed by atoms with Gasteiger partial charge in [-0.15, -0.1) is 0 Å². The van der Waals surface area contributed by atoms with Crippen molar-refractivity contribution in [2.24, 2.45) is 0 Å². The number of phosphoric acid groups is 1. The van der Waals surface area contributed by atoms with Crippen LogP contribution in [0.15, 0.2) is 0 Å². The molecule has 0 fully saturated rings. The molecule has 0 unspecified atom stereocenters. The van der Waals surface area contributed by atoms with E-state index >= 15 is 0 Å². The number of hydrogen-bond donors (Lipinski definition) is 0. The number of rotatable bonds is 8. The smallest absolute Gasteiger partial charge is 0.790 e. The van der Waals surface area contributed by atoms with Crippen LogP contribution in [0.25, 0.3) is 0 Å². The zero-order chi connectivity index (χ0) is 10.2. The molecule has 4 nitrogen and oxygen atoms in total. The fraction of sp³-hybridized carbons (Fsp3) is 1.00. The summed E-state index contributed by atoms with van der Waals surface area (Å²) in [4.78, 5) is 20.0. The fourth-order valence-corrected chi connectivity index (χ4v) is 1.41. The van der Waals surface area contributed by atoms with E-state index in [9.17, 15) is 14.4 Å². The molecule has 14 heavy (non-hydrogen) atoms. The van der Waals surface area contributed by atoms with E-state index < -0.39 is 7.82 Å². The van der Waals surface area contributed by atoms with Crippen molar-refractivity contribution in [1.82, 2.24) is 0 Å². The Balaban J connectivity index is 0. The summed E-state index contributed by atoms with van der Waals surface area (Å²) in [7, 11) is -4.73. The second-order valence-electron chi connectivity index (χ2n) is 3.05. The standard InChI is InChI=1S/C8H19O4P.Zn/c1-2-3-4-5-6-7-8-12-13(9,10)11;/h2-8H2,1H3,(H2,9,10,11);/q;+2/p-2. The van der Waals surface area contributed by atoms with E-state index in [1.807, 2.05) is 0 Å². The Hall–Kier alpha value is 0.733. The Labute approximate surface area is 98.4 Å². The van der Waals surface area contributed by atoms with Gasteiger partial charge in [0.15, 0.2) is 0 Å². The third-order valence-corrected chi connectivity index (χ3v) is 2.25. The fourth-order valence-electron chi connectivity index (χ4n) is 1.06. The second-order valence-corrected chi connectivity index (χ2v) is 4.20. The van der Waals surface area contributed by atoms with Gasteiger partial charge in [0, 0.05) is 0 Å². The summed E-state index contributed by atoms with van der Waals surface area (Å²) in [6.45, 7) is 2.17. The van der Waals surface area contributed by atoms with Crippen LogP contribution in [0.3, 0.4) is 0 Å². The molecule has 0 rings (SSSR count). The molecule has 0 aromatic carbocycles. The summed E-state index contributed by atoms with van der Waals surface area (Å²) in [5, 5.41) is 0. The van der Waals surface area contributed by atoms with E-state index in [1.54, 1.807) is 0 Å². The molecule has 0 aromatic rings. The summed E-state index contributed by atoms with van der Waals surface area (Å²) >= 11 is 0. The van der Waals surface area contributed by atoms with Crippen molar-refractivity contribution in [2.75, 3.05) is 6.61 Å². The predicted molar refractivity (Wildman–Crippen MR) is 46.9 cm³/mol. The zero-order valence-corrected chi connectivity index (χ0v) is 12.6. The molecular formula is C8H17O4PZn. The molecule has 0 saturated carbocycles. The molecule has 0 heterocycles. The summed E-state index contributed by atoms with van der Waals surface area (Å²) in [5.74, 6) is 0. The first kappa shape index (κ1) is 17.1. The zero-order valence-electron chi connectivity index (χ0n) is 8.74. The summed E-state index contributed by atoms with van der Waals surface area (Å²) in [6, 6.07) is 0. The number of phosphoric ester groups is 1. The third-order valence-electron chi connectivity index (χ3n) is 1.75. The minimum atomic E-state index is -4.73. The largest absolute Gasteiger partial charge is 2.00 e. The maximum atomic E-state index is 10.0. The molecule has 0 atom stereocenters.